The van der Waals surface area contributed by atoms with Crippen LogP contribution in [0.5, 0.6) is 0 Å². The van der Waals surface area contributed by atoms with Gasteiger partial charge in [-0.1, -0.05) is 13.8 Å². The van der Waals surface area contributed by atoms with Crippen molar-refractivity contribution >= 4 is 5.96 Å². The molecular weight excluding hydrogens is 200 g/mol. The van der Waals surface area contributed by atoms with E-state index in [1.807, 2.05) is 0 Å². The third-order valence-corrected chi connectivity index (χ3v) is 3.37. The van der Waals surface area contributed by atoms with Crippen LogP contribution in [0.1, 0.15) is 34.1 Å². The van der Waals surface area contributed by atoms with Crippen molar-refractivity contribution in [3.05, 3.63) is 0 Å². The number of aliphatic imine (C=N–C) groups is 1. The van der Waals surface area contributed by atoms with Crippen LogP contribution >= 0.6 is 0 Å². The van der Waals surface area contributed by atoms with Gasteiger partial charge in [0, 0.05) is 18.6 Å². The Morgan fingerprint density at radius 1 is 1.25 bits per heavy atom. The first-order valence-corrected chi connectivity index (χ1v) is 6.11. The fourth-order valence-corrected chi connectivity index (χ4v) is 2.54. The molecule has 0 aromatic rings. The van der Waals surface area contributed by atoms with E-state index < -0.39 is 0 Å². The van der Waals surface area contributed by atoms with E-state index in [1.54, 1.807) is 0 Å². The Morgan fingerprint density at radius 3 is 2.19 bits per heavy atom. The number of nitrogens with zero attached hydrogens (tertiary/aromatic N) is 2. The maximum Gasteiger partial charge on any atom is 0.185 e. The van der Waals surface area contributed by atoms with Gasteiger partial charge in [0.2, 0.25) is 0 Å². The summed E-state index contributed by atoms with van der Waals surface area (Å²) in [5.41, 5.74) is 10.8. The molecule has 0 saturated carbocycles. The van der Waals surface area contributed by atoms with E-state index in [1.165, 1.54) is 6.42 Å². The molecule has 1 aliphatic rings. The molecule has 4 heteroatoms. The van der Waals surface area contributed by atoms with Gasteiger partial charge in [0.25, 0.3) is 0 Å². The maximum absolute atomic E-state index is 5.39. The molecule has 1 rings (SSSR count). The van der Waals surface area contributed by atoms with Gasteiger partial charge in [0.15, 0.2) is 5.96 Å². The molecule has 0 spiro atoms. The van der Waals surface area contributed by atoms with E-state index in [0.717, 1.165) is 24.9 Å². The second-order valence-electron chi connectivity index (χ2n) is 5.90. The molecular formula is C12H26N4. The molecule has 94 valence electrons. The van der Waals surface area contributed by atoms with E-state index >= 15 is 0 Å². The van der Waals surface area contributed by atoms with Gasteiger partial charge in [-0.2, -0.15) is 0 Å². The molecule has 0 aromatic heterocycles. The van der Waals surface area contributed by atoms with E-state index in [9.17, 15) is 0 Å². The van der Waals surface area contributed by atoms with Gasteiger partial charge in [-0.25, -0.2) is 0 Å². The zero-order valence-electron chi connectivity index (χ0n) is 11.0. The topological polar surface area (TPSA) is 67.6 Å². The molecule has 0 aromatic carbocycles. The summed E-state index contributed by atoms with van der Waals surface area (Å²) in [6.07, 6.45) is 1.33. The highest BCUT2D eigenvalue weighted by Gasteiger charge is 2.32. The lowest BCUT2D eigenvalue weighted by Crippen LogP contribution is -2.53. The zero-order chi connectivity index (χ0) is 12.3. The van der Waals surface area contributed by atoms with Gasteiger partial charge in [-0.3, -0.25) is 9.89 Å². The quantitative estimate of drug-likeness (QED) is 0.557. The van der Waals surface area contributed by atoms with Crippen LogP contribution in [0.15, 0.2) is 4.99 Å². The van der Waals surface area contributed by atoms with Gasteiger partial charge in [0.1, 0.15) is 0 Å². The SMILES string of the molecule is CC1CC(C)CN(C(C)(C)CN=C(N)N)C1. The Labute approximate surface area is 99.1 Å². The van der Waals surface area contributed by atoms with Crippen molar-refractivity contribution in [1.29, 1.82) is 0 Å². The van der Waals surface area contributed by atoms with Crippen LogP contribution in [0.3, 0.4) is 0 Å². The number of likely N-dealkylation sites (tertiary alicyclic amines) is 1. The molecule has 0 radical (unpaired) electrons. The number of piperidine rings is 1. The van der Waals surface area contributed by atoms with Crippen molar-refractivity contribution in [2.24, 2.45) is 28.3 Å². The van der Waals surface area contributed by atoms with Crippen molar-refractivity contribution in [2.75, 3.05) is 19.6 Å². The highest BCUT2D eigenvalue weighted by Crippen LogP contribution is 2.27. The van der Waals surface area contributed by atoms with Gasteiger partial charge >= 0.3 is 0 Å². The smallest absolute Gasteiger partial charge is 0.185 e. The van der Waals surface area contributed by atoms with Crippen molar-refractivity contribution in [3.8, 4) is 0 Å². The lowest BCUT2D eigenvalue weighted by atomic mass is 9.88. The molecule has 16 heavy (non-hydrogen) atoms. The van der Waals surface area contributed by atoms with Crippen molar-refractivity contribution < 1.29 is 0 Å². The van der Waals surface area contributed by atoms with Gasteiger partial charge in [0.05, 0.1) is 6.54 Å². The summed E-state index contributed by atoms with van der Waals surface area (Å²) in [7, 11) is 0. The highest BCUT2D eigenvalue weighted by atomic mass is 15.2. The molecule has 1 aliphatic heterocycles. The largest absolute Gasteiger partial charge is 0.370 e. The summed E-state index contributed by atoms with van der Waals surface area (Å²) >= 11 is 0. The average Bonchev–Trinajstić information content (AvgIpc) is 2.13. The van der Waals surface area contributed by atoms with Crippen LogP contribution < -0.4 is 11.5 Å². The molecule has 1 fully saturated rings. The predicted octanol–water partition coefficient (Wildman–Crippen LogP) is 1.02. The Balaban J connectivity index is 2.63. The number of hydrogen-bond donors (Lipinski definition) is 2. The van der Waals surface area contributed by atoms with Crippen molar-refractivity contribution in [1.82, 2.24) is 4.90 Å². The van der Waals surface area contributed by atoms with Crippen LogP contribution in [0.25, 0.3) is 0 Å². The molecule has 4 N–H and O–H groups in total. The standard InChI is InChI=1S/C12H26N4/c1-9-5-10(2)7-16(6-9)12(3,4)8-15-11(13)14/h9-10H,5-8H2,1-4H3,(H4,13,14,15). The Bertz CT molecular complexity index is 246. The molecule has 0 aliphatic carbocycles. The molecule has 0 amide bonds. The molecule has 0 bridgehead atoms. The maximum atomic E-state index is 5.39. The summed E-state index contributed by atoms with van der Waals surface area (Å²) in [4.78, 5) is 6.66. The monoisotopic (exact) mass is 226 g/mol. The van der Waals surface area contributed by atoms with Gasteiger partial charge < -0.3 is 11.5 Å². The zero-order valence-corrected chi connectivity index (χ0v) is 11.0. The lowest BCUT2D eigenvalue weighted by Gasteiger charge is -2.44. The first kappa shape index (κ1) is 13.3. The number of guanidine groups is 1. The van der Waals surface area contributed by atoms with Crippen LogP contribution in [0, 0.1) is 11.8 Å². The summed E-state index contributed by atoms with van der Waals surface area (Å²) in [6.45, 7) is 12.0. The molecule has 4 nitrogen and oxygen atoms in total. The summed E-state index contributed by atoms with van der Waals surface area (Å²) < 4.78 is 0. The third-order valence-electron chi connectivity index (χ3n) is 3.37. The minimum atomic E-state index is 0.0485. The Morgan fingerprint density at radius 2 is 1.75 bits per heavy atom. The Hall–Kier alpha value is -0.770. The first-order chi connectivity index (χ1) is 7.31. The number of hydrogen-bond acceptors (Lipinski definition) is 2. The summed E-state index contributed by atoms with van der Waals surface area (Å²) in [5.74, 6) is 1.72. The fraction of sp³-hybridized carbons (Fsp3) is 0.917. The molecule has 1 saturated heterocycles. The minimum absolute atomic E-state index is 0.0485. The van der Waals surface area contributed by atoms with E-state index in [-0.39, 0.29) is 11.5 Å². The third kappa shape index (κ3) is 3.67. The second-order valence-corrected chi connectivity index (χ2v) is 5.90. The normalized spacial score (nSPS) is 27.8. The number of nitrogens with two attached hydrogens (primary N) is 2. The Kier molecular flexibility index (Phi) is 4.19. The lowest BCUT2D eigenvalue weighted by molar-refractivity contribution is 0.0513. The molecule has 1 heterocycles. The van der Waals surface area contributed by atoms with Crippen LogP contribution in [0.4, 0.5) is 0 Å². The van der Waals surface area contributed by atoms with Crippen molar-refractivity contribution in [3.63, 3.8) is 0 Å². The minimum Gasteiger partial charge on any atom is -0.370 e. The predicted molar refractivity (Wildman–Crippen MR) is 69.3 cm³/mol. The molecule has 2 unspecified atom stereocenters. The highest BCUT2D eigenvalue weighted by molar-refractivity contribution is 5.75. The van der Waals surface area contributed by atoms with Crippen LogP contribution in [-0.4, -0.2) is 36.0 Å². The average molecular weight is 226 g/mol. The van der Waals surface area contributed by atoms with Crippen LogP contribution in [-0.2, 0) is 0 Å². The van der Waals surface area contributed by atoms with Crippen LogP contribution in [0.2, 0.25) is 0 Å². The summed E-state index contributed by atoms with van der Waals surface area (Å²) in [6, 6.07) is 0. The number of rotatable bonds is 3. The first-order valence-electron chi connectivity index (χ1n) is 6.11. The van der Waals surface area contributed by atoms with E-state index in [0.29, 0.717) is 6.54 Å². The molecule has 2 atom stereocenters. The van der Waals surface area contributed by atoms with E-state index in [2.05, 4.69) is 37.6 Å². The van der Waals surface area contributed by atoms with Gasteiger partial charge in [-0.05, 0) is 32.1 Å². The van der Waals surface area contributed by atoms with E-state index in [4.69, 9.17) is 11.5 Å². The van der Waals surface area contributed by atoms with Gasteiger partial charge in [-0.15, -0.1) is 0 Å². The van der Waals surface area contributed by atoms with Crippen molar-refractivity contribution in [2.45, 2.75) is 39.7 Å². The fourth-order valence-electron chi connectivity index (χ4n) is 2.54. The second kappa shape index (κ2) is 5.04. The summed E-state index contributed by atoms with van der Waals surface area (Å²) in [5, 5.41) is 0.